The number of carbonyl (C=O) groups excluding carboxylic acids is 3. The molecule has 4 rings (SSSR count). The molecule has 224 valence electrons. The average Bonchev–Trinajstić information content (AvgIpc) is 2.84. The number of aliphatic hydroxyl groups is 3. The number of phenols is 1. The van der Waals surface area contributed by atoms with Crippen LogP contribution in [0.1, 0.15) is 48.7 Å². The van der Waals surface area contributed by atoms with Crippen molar-refractivity contribution in [3.05, 3.63) is 45.4 Å². The first-order valence-corrected chi connectivity index (χ1v) is 13.9. The number of benzene rings is 1. The fourth-order valence-electron chi connectivity index (χ4n) is 6.97. The fraction of sp³-hybridized carbons (Fsp3) is 0.567. The molecule has 0 aliphatic heterocycles. The minimum Gasteiger partial charge on any atom is -0.510 e. The molecule has 0 fully saturated rings. The second kappa shape index (κ2) is 10.5. The number of aliphatic hydroxyl groups excluding tert-OH is 2. The summed E-state index contributed by atoms with van der Waals surface area (Å²) in [7, 11) is 8.96. The van der Waals surface area contributed by atoms with Gasteiger partial charge in [-0.2, -0.15) is 0 Å². The van der Waals surface area contributed by atoms with Crippen molar-refractivity contribution < 1.29 is 34.8 Å². The first-order chi connectivity index (χ1) is 19.0. The van der Waals surface area contributed by atoms with Crippen molar-refractivity contribution in [3.8, 4) is 5.75 Å². The Kier molecular flexibility index (Phi) is 7.79. The van der Waals surface area contributed by atoms with Crippen LogP contribution in [-0.2, 0) is 22.6 Å². The lowest BCUT2D eigenvalue weighted by Gasteiger charge is -2.50. The van der Waals surface area contributed by atoms with Gasteiger partial charge in [-0.15, -0.1) is 0 Å². The van der Waals surface area contributed by atoms with E-state index in [1.807, 2.05) is 26.0 Å². The maximum absolute atomic E-state index is 14.0. The molecule has 11 heteroatoms. The number of ketones is 2. The van der Waals surface area contributed by atoms with Crippen molar-refractivity contribution in [1.82, 2.24) is 9.80 Å². The Morgan fingerprint density at radius 3 is 2.22 bits per heavy atom. The highest BCUT2D eigenvalue weighted by Gasteiger charge is 2.63. The summed E-state index contributed by atoms with van der Waals surface area (Å²) in [5.41, 5.74) is 4.02. The van der Waals surface area contributed by atoms with Gasteiger partial charge >= 0.3 is 0 Å². The average molecular weight is 571 g/mol. The van der Waals surface area contributed by atoms with E-state index in [-0.39, 0.29) is 35.8 Å². The molecule has 1 amide bonds. The number of carbonyl (C=O) groups is 3. The van der Waals surface area contributed by atoms with Crippen molar-refractivity contribution in [3.63, 3.8) is 0 Å². The van der Waals surface area contributed by atoms with E-state index in [2.05, 4.69) is 25.7 Å². The number of likely N-dealkylation sites (N-methyl/N-ethyl adjacent to an activating group) is 1. The molecular weight excluding hydrogens is 528 g/mol. The summed E-state index contributed by atoms with van der Waals surface area (Å²) in [6.07, 6.45) is 0.292. The van der Waals surface area contributed by atoms with Gasteiger partial charge in [0, 0.05) is 43.9 Å². The van der Waals surface area contributed by atoms with Gasteiger partial charge in [0.1, 0.15) is 22.8 Å². The summed E-state index contributed by atoms with van der Waals surface area (Å²) < 4.78 is 0. The van der Waals surface area contributed by atoms with Crippen molar-refractivity contribution in [1.29, 1.82) is 0 Å². The molecule has 0 aromatic heterocycles. The van der Waals surface area contributed by atoms with E-state index in [0.29, 0.717) is 18.0 Å². The number of hydrogen-bond donors (Lipinski definition) is 5. The fourth-order valence-corrected chi connectivity index (χ4v) is 6.97. The van der Waals surface area contributed by atoms with Crippen molar-refractivity contribution in [2.24, 2.45) is 23.5 Å². The number of allylic oxidation sites excluding steroid dienone is 1. The Bertz CT molecular complexity index is 1380. The molecule has 3 aliphatic rings. The van der Waals surface area contributed by atoms with Gasteiger partial charge in [-0.3, -0.25) is 24.2 Å². The number of nitrogens with two attached hydrogens (primary N) is 1. The zero-order valence-corrected chi connectivity index (χ0v) is 25.0. The molecule has 41 heavy (non-hydrogen) atoms. The molecule has 5 atom stereocenters. The van der Waals surface area contributed by atoms with Gasteiger partial charge in [0.15, 0.2) is 11.4 Å². The minimum absolute atomic E-state index is 0.0118. The van der Waals surface area contributed by atoms with E-state index in [1.54, 1.807) is 20.2 Å². The number of Topliss-reactive ketones (excluding diaryl/α,β-unsaturated/α-hetero) is 2. The number of anilines is 1. The predicted octanol–water partition coefficient (Wildman–Crippen LogP) is 1.66. The van der Waals surface area contributed by atoms with Gasteiger partial charge in [-0.1, -0.05) is 13.8 Å². The highest BCUT2D eigenvalue weighted by atomic mass is 16.3. The third kappa shape index (κ3) is 4.50. The quantitative estimate of drug-likeness (QED) is 0.304. The largest absolute Gasteiger partial charge is 0.510 e. The molecule has 0 saturated heterocycles. The second-order valence-electron chi connectivity index (χ2n) is 12.5. The molecule has 3 aliphatic carbocycles. The number of hydrogen-bond acceptors (Lipinski definition) is 10. The van der Waals surface area contributed by atoms with Gasteiger partial charge in [-0.05, 0) is 69.9 Å². The molecule has 0 saturated carbocycles. The number of primary amides is 1. The molecule has 0 heterocycles. The Hall–Kier alpha value is -3.41. The number of amides is 1. The molecule has 0 bridgehead atoms. The smallest absolute Gasteiger partial charge is 0.255 e. The summed E-state index contributed by atoms with van der Waals surface area (Å²) in [5.74, 6) is -6.17. The maximum atomic E-state index is 14.0. The Balaban J connectivity index is 1.91. The van der Waals surface area contributed by atoms with Crippen molar-refractivity contribution >= 4 is 23.2 Å². The Morgan fingerprint density at radius 2 is 1.71 bits per heavy atom. The summed E-state index contributed by atoms with van der Waals surface area (Å²) in [6.45, 7) is 6.93. The van der Waals surface area contributed by atoms with Crippen LogP contribution in [0, 0.1) is 17.8 Å². The maximum Gasteiger partial charge on any atom is 0.255 e. The predicted molar refractivity (Wildman–Crippen MR) is 154 cm³/mol. The zero-order chi connectivity index (χ0) is 30.9. The molecule has 1 aromatic carbocycles. The number of nitrogens with zero attached hydrogens (tertiary/aromatic N) is 3. The normalized spacial score (nSPS) is 26.9. The molecule has 1 aromatic rings. The molecule has 11 nitrogen and oxygen atoms in total. The van der Waals surface area contributed by atoms with Gasteiger partial charge in [0.25, 0.3) is 5.91 Å². The molecule has 0 radical (unpaired) electrons. The standard InChI is InChI=1S/C30H42N4O7/c1-13(2)14(3)34(8)12-16-11-19(35)21-17(23(16)32(4)5)9-15-10-18-24(33(6)7)26(37)22(29(31)40)28(39)30(18,41)27(38)20(15)25(21)36/h11,13-15,18,24,35,37-38,41H,9-10,12H2,1-8H3,(H2,31,40)/t14-,15-,18-,24-,30-/m0/s1. The highest BCUT2D eigenvalue weighted by molar-refractivity contribution is 6.24. The van der Waals surface area contributed by atoms with Crippen LogP contribution in [-0.4, -0.2) is 101 Å². The monoisotopic (exact) mass is 570 g/mol. The van der Waals surface area contributed by atoms with E-state index >= 15 is 0 Å². The van der Waals surface area contributed by atoms with Crippen LogP contribution in [0.25, 0.3) is 0 Å². The first kappa shape index (κ1) is 30.5. The number of rotatable bonds is 7. The number of aromatic hydroxyl groups is 1. The van der Waals surface area contributed by atoms with Crippen LogP contribution >= 0.6 is 0 Å². The molecule has 6 N–H and O–H groups in total. The Labute approximate surface area is 240 Å². The topological polar surface area (TPSA) is 168 Å². The van der Waals surface area contributed by atoms with Crippen LogP contribution < -0.4 is 10.6 Å². The van der Waals surface area contributed by atoms with Gasteiger partial charge < -0.3 is 31.1 Å². The SMILES string of the molecule is CC(C)[C@H](C)N(C)Cc1cc(O)c2c(c1N(C)C)C[C@H]1C[C@H]3[C@H](N(C)C)C(O)=C(C(N)=O)C(=O)[C@@]3(O)C(O)=C1C2=O. The van der Waals surface area contributed by atoms with Crippen LogP contribution in [0.15, 0.2) is 28.7 Å². The summed E-state index contributed by atoms with van der Waals surface area (Å²) in [4.78, 5) is 45.2. The summed E-state index contributed by atoms with van der Waals surface area (Å²) >= 11 is 0. The minimum atomic E-state index is -2.65. The van der Waals surface area contributed by atoms with E-state index in [4.69, 9.17) is 5.73 Å². The lowest BCUT2D eigenvalue weighted by atomic mass is 9.58. The van der Waals surface area contributed by atoms with E-state index in [9.17, 15) is 34.8 Å². The summed E-state index contributed by atoms with van der Waals surface area (Å²) in [6, 6.07) is 0.790. The van der Waals surface area contributed by atoms with Crippen LogP contribution in [0.3, 0.4) is 0 Å². The van der Waals surface area contributed by atoms with Gasteiger partial charge in [0.2, 0.25) is 5.78 Å². The van der Waals surface area contributed by atoms with Crippen LogP contribution in [0.2, 0.25) is 0 Å². The van der Waals surface area contributed by atoms with Crippen molar-refractivity contribution in [2.75, 3.05) is 40.1 Å². The summed E-state index contributed by atoms with van der Waals surface area (Å²) in [5, 5.41) is 45.4. The Morgan fingerprint density at radius 1 is 1.10 bits per heavy atom. The lowest BCUT2D eigenvalue weighted by molar-refractivity contribution is -0.148. The third-order valence-electron chi connectivity index (χ3n) is 9.30. The third-order valence-corrected chi connectivity index (χ3v) is 9.30. The van der Waals surface area contributed by atoms with E-state index in [1.165, 1.54) is 4.90 Å². The van der Waals surface area contributed by atoms with Gasteiger partial charge in [0.05, 0.1) is 11.6 Å². The second-order valence-corrected chi connectivity index (χ2v) is 12.5. The molecule has 0 unspecified atom stereocenters. The van der Waals surface area contributed by atoms with Crippen LogP contribution in [0.4, 0.5) is 5.69 Å². The molecular formula is C30H42N4O7. The van der Waals surface area contributed by atoms with Crippen molar-refractivity contribution in [2.45, 2.75) is 57.8 Å². The van der Waals surface area contributed by atoms with Gasteiger partial charge in [-0.25, -0.2) is 0 Å². The van der Waals surface area contributed by atoms with E-state index in [0.717, 1.165) is 11.3 Å². The molecule has 0 spiro atoms. The number of fused-ring (bicyclic) bond motifs is 3. The number of phenolic OH excluding ortho intramolecular Hbond substituents is 1. The zero-order valence-electron chi connectivity index (χ0n) is 25.0. The highest BCUT2D eigenvalue weighted by Crippen LogP contribution is 2.53. The van der Waals surface area contributed by atoms with Crippen LogP contribution in [0.5, 0.6) is 5.75 Å². The van der Waals surface area contributed by atoms with E-state index < -0.39 is 58.0 Å². The first-order valence-electron chi connectivity index (χ1n) is 13.9. The lowest BCUT2D eigenvalue weighted by Crippen LogP contribution is -2.63.